The Morgan fingerprint density at radius 2 is 1.93 bits per heavy atom. The number of phosphoric acid groups is 1. The summed E-state index contributed by atoms with van der Waals surface area (Å²) in [5.74, 6) is 0. The molecule has 1 fully saturated rings. The molecule has 0 aliphatic heterocycles. The van der Waals surface area contributed by atoms with Gasteiger partial charge in [0.25, 0.3) is 0 Å². The number of rotatable bonds is 4. The molecule has 0 amide bonds. The van der Waals surface area contributed by atoms with Gasteiger partial charge in [-0.1, -0.05) is 13.8 Å². The number of phosphoric ester groups is 1. The molecule has 1 aliphatic carbocycles. The van der Waals surface area contributed by atoms with Crippen molar-refractivity contribution in [1.29, 1.82) is 0 Å². The van der Waals surface area contributed by atoms with Crippen LogP contribution in [-0.2, 0) is 13.6 Å². The number of hydrogen-bond donors (Lipinski definition) is 1. The molecule has 1 unspecified atom stereocenters. The maximum absolute atomic E-state index is 11.4. The van der Waals surface area contributed by atoms with Crippen LogP contribution in [0.25, 0.3) is 0 Å². The molecule has 4 nitrogen and oxygen atoms in total. The predicted octanol–water partition coefficient (Wildman–Crippen LogP) is 3.11. The Bertz CT molecular complexity index is 242. The molecule has 1 atom stereocenters. The van der Waals surface area contributed by atoms with Crippen molar-refractivity contribution in [2.45, 2.75) is 52.6 Å². The minimum atomic E-state index is -3.80. The van der Waals surface area contributed by atoms with Gasteiger partial charge in [0.05, 0.1) is 12.7 Å². The zero-order chi connectivity index (χ0) is 11.5. The summed E-state index contributed by atoms with van der Waals surface area (Å²) in [7, 11) is -3.80. The summed E-state index contributed by atoms with van der Waals surface area (Å²) in [6.07, 6.45) is 3.61. The van der Waals surface area contributed by atoms with E-state index in [1.807, 2.05) is 0 Å². The molecule has 1 aliphatic rings. The van der Waals surface area contributed by atoms with Crippen LogP contribution >= 0.6 is 7.82 Å². The molecule has 5 heteroatoms. The molecule has 0 aromatic rings. The quantitative estimate of drug-likeness (QED) is 0.762. The highest BCUT2D eigenvalue weighted by atomic mass is 31.2. The van der Waals surface area contributed by atoms with Crippen LogP contribution in [0.4, 0.5) is 0 Å². The van der Waals surface area contributed by atoms with Crippen LogP contribution < -0.4 is 0 Å². The lowest BCUT2D eigenvalue weighted by Crippen LogP contribution is -2.26. The van der Waals surface area contributed by atoms with E-state index in [-0.39, 0.29) is 12.7 Å². The van der Waals surface area contributed by atoms with Crippen LogP contribution in [0.3, 0.4) is 0 Å². The van der Waals surface area contributed by atoms with Crippen molar-refractivity contribution in [1.82, 2.24) is 0 Å². The number of hydrogen-bond acceptors (Lipinski definition) is 3. The van der Waals surface area contributed by atoms with Crippen molar-refractivity contribution in [3.63, 3.8) is 0 Å². The first-order valence-corrected chi connectivity index (χ1v) is 7.00. The van der Waals surface area contributed by atoms with E-state index >= 15 is 0 Å². The Morgan fingerprint density at radius 1 is 1.40 bits per heavy atom. The summed E-state index contributed by atoms with van der Waals surface area (Å²) in [6, 6.07) is 0. The zero-order valence-corrected chi connectivity index (χ0v) is 10.6. The van der Waals surface area contributed by atoms with Gasteiger partial charge in [-0.25, -0.2) is 4.57 Å². The lowest BCUT2D eigenvalue weighted by Gasteiger charge is -2.34. The van der Waals surface area contributed by atoms with Crippen molar-refractivity contribution in [3.05, 3.63) is 0 Å². The highest BCUT2D eigenvalue weighted by Gasteiger charge is 2.32. The van der Waals surface area contributed by atoms with Crippen LogP contribution in [-0.4, -0.2) is 17.6 Å². The van der Waals surface area contributed by atoms with E-state index in [9.17, 15) is 9.46 Å². The third-order valence-corrected chi connectivity index (χ3v) is 4.01. The standard InChI is InChI=1S/C10H21O4P/c1-4-13-15(11,12)14-9-5-7-10(2,3)8-6-9/h9H,4-8H2,1-3H3,(H,11,12). The Morgan fingerprint density at radius 3 is 2.40 bits per heavy atom. The molecule has 0 saturated heterocycles. The molecular formula is C10H21O4P. The second-order valence-corrected chi connectivity index (χ2v) is 6.26. The van der Waals surface area contributed by atoms with Crippen LogP contribution in [0.2, 0.25) is 0 Å². The Labute approximate surface area is 91.6 Å². The van der Waals surface area contributed by atoms with Crippen LogP contribution in [0.15, 0.2) is 0 Å². The van der Waals surface area contributed by atoms with Gasteiger partial charge < -0.3 is 4.89 Å². The average Bonchev–Trinajstić information content (AvgIpc) is 2.08. The molecule has 0 radical (unpaired) electrons. The monoisotopic (exact) mass is 236 g/mol. The first-order valence-electron chi connectivity index (χ1n) is 5.50. The molecule has 1 saturated carbocycles. The molecule has 15 heavy (non-hydrogen) atoms. The van der Waals surface area contributed by atoms with Crippen molar-refractivity contribution in [2.24, 2.45) is 5.41 Å². The van der Waals surface area contributed by atoms with Gasteiger partial charge in [0.2, 0.25) is 0 Å². The van der Waals surface area contributed by atoms with Gasteiger partial charge in [-0.3, -0.25) is 9.05 Å². The lowest BCUT2D eigenvalue weighted by molar-refractivity contribution is 0.0569. The van der Waals surface area contributed by atoms with Crippen molar-refractivity contribution in [3.8, 4) is 0 Å². The molecule has 0 bridgehead atoms. The molecule has 1 N–H and O–H groups in total. The summed E-state index contributed by atoms with van der Waals surface area (Å²) in [5, 5.41) is 0. The smallest absolute Gasteiger partial charge is 0.302 e. The molecule has 90 valence electrons. The Balaban J connectivity index is 2.39. The first kappa shape index (κ1) is 13.2. The second kappa shape index (κ2) is 4.96. The minimum absolute atomic E-state index is 0.125. The third kappa shape index (κ3) is 4.64. The van der Waals surface area contributed by atoms with Crippen LogP contribution in [0, 0.1) is 5.41 Å². The van der Waals surface area contributed by atoms with Gasteiger partial charge >= 0.3 is 7.82 Å². The maximum atomic E-state index is 11.4. The predicted molar refractivity (Wildman–Crippen MR) is 58.6 cm³/mol. The lowest BCUT2D eigenvalue weighted by atomic mass is 9.76. The highest BCUT2D eigenvalue weighted by Crippen LogP contribution is 2.48. The SMILES string of the molecule is CCOP(=O)(O)OC1CCC(C)(C)CC1. The summed E-state index contributed by atoms with van der Waals surface area (Å²) >= 11 is 0. The maximum Gasteiger partial charge on any atom is 0.472 e. The fraction of sp³-hybridized carbons (Fsp3) is 1.00. The van der Waals surface area contributed by atoms with E-state index in [4.69, 9.17) is 4.52 Å². The van der Waals surface area contributed by atoms with Gasteiger partial charge in [-0.15, -0.1) is 0 Å². The summed E-state index contributed by atoms with van der Waals surface area (Å²) < 4.78 is 21.1. The van der Waals surface area contributed by atoms with E-state index in [0.717, 1.165) is 25.7 Å². The molecular weight excluding hydrogens is 215 g/mol. The van der Waals surface area contributed by atoms with Crippen molar-refractivity contribution >= 4 is 7.82 Å². The first-order chi connectivity index (χ1) is 6.85. The molecule has 0 aromatic heterocycles. The molecule has 0 aromatic carbocycles. The summed E-state index contributed by atoms with van der Waals surface area (Å²) in [4.78, 5) is 9.31. The molecule has 0 heterocycles. The van der Waals surface area contributed by atoms with E-state index in [2.05, 4.69) is 18.4 Å². The zero-order valence-electron chi connectivity index (χ0n) is 9.73. The largest absolute Gasteiger partial charge is 0.472 e. The Kier molecular flexibility index (Phi) is 4.36. The Hall–Kier alpha value is 0.110. The van der Waals surface area contributed by atoms with Crippen molar-refractivity contribution < 1.29 is 18.5 Å². The molecule has 0 spiro atoms. The van der Waals surface area contributed by atoms with E-state index in [1.165, 1.54) is 0 Å². The second-order valence-electron chi connectivity index (χ2n) is 4.86. The summed E-state index contributed by atoms with van der Waals surface area (Å²) in [6.45, 7) is 6.30. The fourth-order valence-electron chi connectivity index (χ4n) is 1.86. The van der Waals surface area contributed by atoms with E-state index in [1.54, 1.807) is 6.92 Å². The van der Waals surface area contributed by atoms with Gasteiger partial charge in [-0.2, -0.15) is 0 Å². The minimum Gasteiger partial charge on any atom is -0.302 e. The van der Waals surface area contributed by atoms with Crippen molar-refractivity contribution in [2.75, 3.05) is 6.61 Å². The van der Waals surface area contributed by atoms with Gasteiger partial charge in [-0.05, 0) is 38.0 Å². The van der Waals surface area contributed by atoms with Crippen LogP contribution in [0.1, 0.15) is 46.5 Å². The molecule has 1 rings (SSSR count). The summed E-state index contributed by atoms with van der Waals surface area (Å²) in [5.41, 5.74) is 0.338. The van der Waals surface area contributed by atoms with E-state index in [0.29, 0.717) is 5.41 Å². The topological polar surface area (TPSA) is 55.8 Å². The highest BCUT2D eigenvalue weighted by molar-refractivity contribution is 7.47. The van der Waals surface area contributed by atoms with Gasteiger partial charge in [0, 0.05) is 0 Å². The third-order valence-electron chi connectivity index (χ3n) is 2.86. The fourth-order valence-corrected chi connectivity index (χ4v) is 2.83. The van der Waals surface area contributed by atoms with E-state index < -0.39 is 7.82 Å². The average molecular weight is 236 g/mol. The van der Waals surface area contributed by atoms with Gasteiger partial charge in [0.1, 0.15) is 0 Å². The normalized spacial score (nSPS) is 26.1. The van der Waals surface area contributed by atoms with Gasteiger partial charge in [0.15, 0.2) is 0 Å². The van der Waals surface area contributed by atoms with Crippen LogP contribution in [0.5, 0.6) is 0 Å².